The van der Waals surface area contributed by atoms with E-state index in [0.29, 0.717) is 0 Å². The Morgan fingerprint density at radius 3 is 2.76 bits per heavy atom. The molecule has 3 heteroatoms. The van der Waals surface area contributed by atoms with Gasteiger partial charge in [-0.3, -0.25) is 4.79 Å². The van der Waals surface area contributed by atoms with E-state index in [9.17, 15) is 4.79 Å². The summed E-state index contributed by atoms with van der Waals surface area (Å²) < 4.78 is 0. The highest BCUT2D eigenvalue weighted by atomic mass is 79.9. The van der Waals surface area contributed by atoms with E-state index in [4.69, 9.17) is 0 Å². The molecule has 0 spiro atoms. The quantitative estimate of drug-likeness (QED) is 0.836. The lowest BCUT2D eigenvalue weighted by molar-refractivity contribution is -0.120. The first-order chi connectivity index (χ1) is 8.29. The summed E-state index contributed by atoms with van der Waals surface area (Å²) in [6.07, 6.45) is 5.76. The molecule has 0 bridgehead atoms. The molecule has 1 fully saturated rings. The van der Waals surface area contributed by atoms with Gasteiger partial charge in [0.25, 0.3) is 0 Å². The van der Waals surface area contributed by atoms with Gasteiger partial charge < -0.3 is 5.32 Å². The largest absolute Gasteiger partial charge is 0.326 e. The van der Waals surface area contributed by atoms with Crippen LogP contribution in [0.4, 0.5) is 5.69 Å². The Labute approximate surface area is 111 Å². The summed E-state index contributed by atoms with van der Waals surface area (Å²) in [4.78, 5) is 12.0. The molecule has 17 heavy (non-hydrogen) atoms. The number of hydrogen-bond acceptors (Lipinski definition) is 1. The summed E-state index contributed by atoms with van der Waals surface area (Å²) in [5, 5.41) is 3.85. The van der Waals surface area contributed by atoms with Crippen LogP contribution in [0.15, 0.2) is 24.3 Å². The second-order valence-corrected chi connectivity index (χ2v) is 5.22. The van der Waals surface area contributed by atoms with Gasteiger partial charge in [0.15, 0.2) is 0 Å². The predicted octanol–water partition coefficient (Wildman–Crippen LogP) is 4.10. The van der Waals surface area contributed by atoms with Crippen LogP contribution in [0.1, 0.15) is 37.7 Å². The average Bonchev–Trinajstić information content (AvgIpc) is 2.40. The first-order valence-electron chi connectivity index (χ1n) is 6.25. The molecule has 1 N–H and O–H groups in total. The van der Waals surface area contributed by atoms with Crippen LogP contribution < -0.4 is 5.32 Å². The number of benzene rings is 1. The van der Waals surface area contributed by atoms with Crippen molar-refractivity contribution >= 4 is 27.5 Å². The van der Waals surface area contributed by atoms with Crippen LogP contribution in [-0.2, 0) is 10.1 Å². The molecular weight excluding hydrogens is 278 g/mol. The lowest BCUT2D eigenvalue weighted by Crippen LogP contribution is -2.24. The Kier molecular flexibility index (Phi) is 4.60. The second-order valence-electron chi connectivity index (χ2n) is 4.66. The normalized spacial score (nSPS) is 16.8. The van der Waals surface area contributed by atoms with E-state index in [1.807, 2.05) is 24.3 Å². The first kappa shape index (κ1) is 12.6. The van der Waals surface area contributed by atoms with E-state index >= 15 is 0 Å². The average molecular weight is 296 g/mol. The summed E-state index contributed by atoms with van der Waals surface area (Å²) in [5.41, 5.74) is 2.10. The highest BCUT2D eigenvalue weighted by molar-refractivity contribution is 9.08. The highest BCUT2D eigenvalue weighted by Crippen LogP contribution is 2.25. The Balaban J connectivity index is 1.96. The van der Waals surface area contributed by atoms with E-state index < -0.39 is 0 Å². The Hall–Kier alpha value is -0.830. The molecule has 1 aliphatic carbocycles. The second kappa shape index (κ2) is 6.20. The Morgan fingerprint density at radius 2 is 2.06 bits per heavy atom. The molecule has 0 aliphatic heterocycles. The van der Waals surface area contributed by atoms with E-state index in [-0.39, 0.29) is 11.8 Å². The van der Waals surface area contributed by atoms with Crippen molar-refractivity contribution in [3.63, 3.8) is 0 Å². The fourth-order valence-electron chi connectivity index (χ4n) is 2.34. The molecule has 0 aromatic heterocycles. The fraction of sp³-hybridized carbons (Fsp3) is 0.500. The molecule has 2 rings (SSSR count). The monoisotopic (exact) mass is 295 g/mol. The number of carbonyl (C=O) groups is 1. The van der Waals surface area contributed by atoms with Gasteiger partial charge in [-0.15, -0.1) is 0 Å². The first-order valence-corrected chi connectivity index (χ1v) is 7.37. The molecule has 92 valence electrons. The van der Waals surface area contributed by atoms with Crippen LogP contribution in [0.3, 0.4) is 0 Å². The van der Waals surface area contributed by atoms with Crippen molar-refractivity contribution in [1.82, 2.24) is 0 Å². The maximum Gasteiger partial charge on any atom is 0.227 e. The molecule has 1 aromatic carbocycles. The van der Waals surface area contributed by atoms with Gasteiger partial charge in [0.1, 0.15) is 0 Å². The molecule has 0 radical (unpaired) electrons. The minimum Gasteiger partial charge on any atom is -0.326 e. The van der Waals surface area contributed by atoms with Crippen molar-refractivity contribution in [1.29, 1.82) is 0 Å². The molecule has 1 saturated carbocycles. The molecule has 0 heterocycles. The summed E-state index contributed by atoms with van der Waals surface area (Å²) in [5.74, 6) is 0.410. The number of amides is 1. The highest BCUT2D eigenvalue weighted by Gasteiger charge is 2.20. The van der Waals surface area contributed by atoms with E-state index in [0.717, 1.165) is 23.9 Å². The third-order valence-corrected chi connectivity index (χ3v) is 3.97. The lowest BCUT2D eigenvalue weighted by Gasteiger charge is -2.20. The maximum atomic E-state index is 12.0. The molecule has 0 atom stereocenters. The topological polar surface area (TPSA) is 29.1 Å². The van der Waals surface area contributed by atoms with Crippen molar-refractivity contribution in [2.24, 2.45) is 5.92 Å². The van der Waals surface area contributed by atoms with E-state index in [2.05, 4.69) is 21.2 Å². The zero-order valence-electron chi connectivity index (χ0n) is 9.92. The number of alkyl halides is 1. The molecule has 0 unspecified atom stereocenters. The number of halogens is 1. The number of hydrogen-bond donors (Lipinski definition) is 1. The maximum absolute atomic E-state index is 12.0. The Morgan fingerprint density at radius 1 is 1.29 bits per heavy atom. The van der Waals surface area contributed by atoms with Gasteiger partial charge in [0, 0.05) is 16.9 Å². The van der Waals surface area contributed by atoms with Crippen LogP contribution in [0.5, 0.6) is 0 Å². The number of anilines is 1. The third kappa shape index (κ3) is 3.56. The lowest BCUT2D eigenvalue weighted by atomic mass is 9.88. The van der Waals surface area contributed by atoms with Crippen LogP contribution in [0, 0.1) is 5.92 Å². The van der Waals surface area contributed by atoms with Gasteiger partial charge >= 0.3 is 0 Å². The van der Waals surface area contributed by atoms with Crippen LogP contribution in [-0.4, -0.2) is 5.91 Å². The van der Waals surface area contributed by atoms with Crippen molar-refractivity contribution in [2.75, 3.05) is 5.32 Å². The smallest absolute Gasteiger partial charge is 0.227 e. The summed E-state index contributed by atoms with van der Waals surface area (Å²) >= 11 is 3.42. The number of carbonyl (C=O) groups excluding carboxylic acids is 1. The standard InChI is InChI=1S/C14H18BrNO/c15-10-11-5-4-8-13(9-11)16-14(17)12-6-2-1-3-7-12/h4-5,8-9,12H,1-3,6-7,10H2,(H,16,17). The van der Waals surface area contributed by atoms with Gasteiger partial charge in [-0.1, -0.05) is 47.3 Å². The zero-order chi connectivity index (χ0) is 12.1. The Bertz CT molecular complexity index is 386. The minimum absolute atomic E-state index is 0.191. The molecule has 1 aromatic rings. The summed E-state index contributed by atoms with van der Waals surface area (Å²) in [6.45, 7) is 0. The zero-order valence-corrected chi connectivity index (χ0v) is 11.5. The van der Waals surface area contributed by atoms with Crippen LogP contribution in [0.25, 0.3) is 0 Å². The van der Waals surface area contributed by atoms with Gasteiger partial charge in [-0.2, -0.15) is 0 Å². The molecule has 1 aliphatic rings. The molecule has 1 amide bonds. The predicted molar refractivity (Wildman–Crippen MR) is 74.3 cm³/mol. The number of nitrogens with one attached hydrogen (secondary N) is 1. The van der Waals surface area contributed by atoms with Crippen molar-refractivity contribution < 1.29 is 4.79 Å². The van der Waals surface area contributed by atoms with Crippen molar-refractivity contribution in [2.45, 2.75) is 37.4 Å². The van der Waals surface area contributed by atoms with Crippen molar-refractivity contribution in [3.05, 3.63) is 29.8 Å². The molecule has 2 nitrogen and oxygen atoms in total. The number of rotatable bonds is 3. The van der Waals surface area contributed by atoms with E-state index in [1.54, 1.807) is 0 Å². The SMILES string of the molecule is O=C(Nc1cccc(CBr)c1)C1CCCCC1. The van der Waals surface area contributed by atoms with Gasteiger partial charge in [0.2, 0.25) is 5.91 Å². The van der Waals surface area contributed by atoms with Crippen LogP contribution >= 0.6 is 15.9 Å². The fourth-order valence-corrected chi connectivity index (χ4v) is 2.69. The van der Waals surface area contributed by atoms with Gasteiger partial charge in [-0.05, 0) is 30.5 Å². The molecule has 0 saturated heterocycles. The van der Waals surface area contributed by atoms with Crippen molar-refractivity contribution in [3.8, 4) is 0 Å². The third-order valence-electron chi connectivity index (χ3n) is 3.32. The molecular formula is C14H18BrNO. The summed E-state index contributed by atoms with van der Waals surface area (Å²) in [7, 11) is 0. The van der Waals surface area contributed by atoms with Crippen LogP contribution in [0.2, 0.25) is 0 Å². The minimum atomic E-state index is 0.191. The van der Waals surface area contributed by atoms with Gasteiger partial charge in [-0.25, -0.2) is 0 Å². The van der Waals surface area contributed by atoms with E-state index in [1.165, 1.54) is 24.8 Å². The summed E-state index contributed by atoms with van der Waals surface area (Å²) in [6, 6.07) is 8.00. The van der Waals surface area contributed by atoms with Gasteiger partial charge in [0.05, 0.1) is 0 Å².